The topological polar surface area (TPSA) is 43.9 Å². The van der Waals surface area contributed by atoms with Crippen LogP contribution in [0.3, 0.4) is 0 Å². The number of anilines is 1. The van der Waals surface area contributed by atoms with Crippen molar-refractivity contribution in [1.29, 1.82) is 0 Å². The monoisotopic (exact) mass is 355 g/mol. The molecule has 5 nitrogen and oxygen atoms in total. The van der Waals surface area contributed by atoms with Crippen molar-refractivity contribution in [2.24, 2.45) is 5.92 Å². The summed E-state index contributed by atoms with van der Waals surface area (Å²) in [6.07, 6.45) is 6.69. The van der Waals surface area contributed by atoms with E-state index in [9.17, 15) is 9.59 Å². The zero-order valence-electron chi connectivity index (χ0n) is 15.5. The van der Waals surface area contributed by atoms with Crippen LogP contribution in [0.2, 0.25) is 0 Å². The molecule has 26 heavy (non-hydrogen) atoms. The summed E-state index contributed by atoms with van der Waals surface area (Å²) >= 11 is 0. The van der Waals surface area contributed by atoms with E-state index in [1.165, 1.54) is 31.2 Å². The van der Waals surface area contributed by atoms with Crippen molar-refractivity contribution in [3.05, 3.63) is 29.8 Å². The van der Waals surface area contributed by atoms with Gasteiger partial charge in [0.25, 0.3) is 0 Å². The van der Waals surface area contributed by atoms with Crippen LogP contribution in [-0.2, 0) is 16.0 Å². The van der Waals surface area contributed by atoms with Gasteiger partial charge in [0, 0.05) is 44.8 Å². The van der Waals surface area contributed by atoms with E-state index in [1.807, 2.05) is 28.0 Å². The number of hydrogen-bond acceptors (Lipinski definition) is 3. The summed E-state index contributed by atoms with van der Waals surface area (Å²) in [6.45, 7) is 4.37. The summed E-state index contributed by atoms with van der Waals surface area (Å²) in [5.41, 5.74) is 2.34. The summed E-state index contributed by atoms with van der Waals surface area (Å²) in [5, 5.41) is 0. The number of fused-ring (bicyclic) bond motifs is 1. The molecule has 1 saturated carbocycles. The summed E-state index contributed by atoms with van der Waals surface area (Å²) < 4.78 is 0. The summed E-state index contributed by atoms with van der Waals surface area (Å²) in [7, 11) is 0. The summed E-state index contributed by atoms with van der Waals surface area (Å²) in [6, 6.07) is 8.19. The lowest BCUT2D eigenvalue weighted by Crippen LogP contribution is -2.51. The van der Waals surface area contributed by atoms with Crippen LogP contribution in [-0.4, -0.2) is 60.9 Å². The first kappa shape index (κ1) is 17.5. The maximum absolute atomic E-state index is 12.7. The lowest BCUT2D eigenvalue weighted by molar-refractivity contribution is -0.134. The Morgan fingerprint density at radius 2 is 1.65 bits per heavy atom. The van der Waals surface area contributed by atoms with Gasteiger partial charge in [-0.2, -0.15) is 0 Å². The Labute approximate surface area is 155 Å². The Hall–Kier alpha value is -1.88. The minimum Gasteiger partial charge on any atom is -0.340 e. The van der Waals surface area contributed by atoms with Crippen LogP contribution in [0.4, 0.5) is 5.69 Å². The van der Waals surface area contributed by atoms with E-state index in [0.29, 0.717) is 18.4 Å². The van der Waals surface area contributed by atoms with Crippen molar-refractivity contribution in [3.63, 3.8) is 0 Å². The SMILES string of the molecule is O=C(CC1CCCC1)N1CCN(CC(=O)N2CCc3ccccc32)CC1. The van der Waals surface area contributed by atoms with Crippen molar-refractivity contribution in [1.82, 2.24) is 9.80 Å². The highest BCUT2D eigenvalue weighted by molar-refractivity contribution is 5.96. The predicted molar refractivity (Wildman–Crippen MR) is 102 cm³/mol. The Bertz CT molecular complexity index is 661. The fourth-order valence-corrected chi connectivity index (χ4v) is 4.62. The molecule has 2 fully saturated rings. The highest BCUT2D eigenvalue weighted by atomic mass is 16.2. The van der Waals surface area contributed by atoms with E-state index < -0.39 is 0 Å². The maximum atomic E-state index is 12.7. The second-order valence-corrected chi connectivity index (χ2v) is 7.94. The van der Waals surface area contributed by atoms with Crippen LogP contribution < -0.4 is 4.90 Å². The summed E-state index contributed by atoms with van der Waals surface area (Å²) in [5.74, 6) is 1.11. The largest absolute Gasteiger partial charge is 0.340 e. The number of amides is 2. The molecular formula is C21H29N3O2. The van der Waals surface area contributed by atoms with Gasteiger partial charge in [0.15, 0.2) is 0 Å². The molecule has 0 unspecified atom stereocenters. The molecule has 0 spiro atoms. The number of para-hydroxylation sites is 1. The van der Waals surface area contributed by atoms with E-state index in [4.69, 9.17) is 0 Å². The molecule has 1 aliphatic carbocycles. The molecular weight excluding hydrogens is 326 g/mol. The van der Waals surface area contributed by atoms with Crippen molar-refractivity contribution < 1.29 is 9.59 Å². The van der Waals surface area contributed by atoms with Crippen LogP contribution in [0.1, 0.15) is 37.7 Å². The van der Waals surface area contributed by atoms with Crippen molar-refractivity contribution >= 4 is 17.5 Å². The van der Waals surface area contributed by atoms with Crippen LogP contribution in [0, 0.1) is 5.92 Å². The van der Waals surface area contributed by atoms with Gasteiger partial charge in [-0.15, -0.1) is 0 Å². The molecule has 2 amide bonds. The third-order valence-electron chi connectivity index (χ3n) is 6.21. The molecule has 2 heterocycles. The highest BCUT2D eigenvalue weighted by Gasteiger charge is 2.28. The lowest BCUT2D eigenvalue weighted by atomic mass is 10.0. The molecule has 2 aliphatic heterocycles. The number of benzene rings is 1. The quantitative estimate of drug-likeness (QED) is 0.832. The van der Waals surface area contributed by atoms with Crippen molar-refractivity contribution in [2.45, 2.75) is 38.5 Å². The average molecular weight is 355 g/mol. The molecule has 0 radical (unpaired) electrons. The lowest BCUT2D eigenvalue weighted by Gasteiger charge is -2.35. The smallest absolute Gasteiger partial charge is 0.241 e. The molecule has 5 heteroatoms. The number of carbonyl (C=O) groups is 2. The molecule has 1 aromatic carbocycles. The zero-order chi connectivity index (χ0) is 17.9. The predicted octanol–water partition coefficient (Wildman–Crippen LogP) is 2.30. The van der Waals surface area contributed by atoms with Gasteiger partial charge in [0.2, 0.25) is 11.8 Å². The van der Waals surface area contributed by atoms with Crippen LogP contribution in [0.15, 0.2) is 24.3 Å². The van der Waals surface area contributed by atoms with Gasteiger partial charge in [-0.1, -0.05) is 31.0 Å². The standard InChI is InChI=1S/C21H29N3O2/c25-20(15-17-5-1-2-6-17)23-13-11-22(12-14-23)16-21(26)24-10-9-18-7-3-4-8-19(18)24/h3-4,7-8,17H,1-2,5-6,9-16H2. The Kier molecular flexibility index (Phi) is 5.25. The van der Waals surface area contributed by atoms with E-state index in [-0.39, 0.29) is 5.91 Å². The third-order valence-corrected chi connectivity index (χ3v) is 6.21. The Morgan fingerprint density at radius 1 is 0.923 bits per heavy atom. The number of piperazine rings is 1. The zero-order valence-corrected chi connectivity index (χ0v) is 15.5. The maximum Gasteiger partial charge on any atom is 0.241 e. The first-order valence-electron chi connectivity index (χ1n) is 10.1. The van der Waals surface area contributed by atoms with Gasteiger partial charge in [-0.3, -0.25) is 14.5 Å². The van der Waals surface area contributed by atoms with Crippen LogP contribution in [0.25, 0.3) is 0 Å². The molecule has 3 aliphatic rings. The minimum atomic E-state index is 0.181. The first-order valence-corrected chi connectivity index (χ1v) is 10.1. The molecule has 1 aromatic rings. The molecule has 140 valence electrons. The van der Waals surface area contributed by atoms with Crippen molar-refractivity contribution in [2.75, 3.05) is 44.2 Å². The fourth-order valence-electron chi connectivity index (χ4n) is 4.62. The van der Waals surface area contributed by atoms with E-state index >= 15 is 0 Å². The van der Waals surface area contributed by atoms with Gasteiger partial charge in [-0.25, -0.2) is 0 Å². The number of nitrogens with zero attached hydrogens (tertiary/aromatic N) is 3. The molecule has 1 saturated heterocycles. The van der Waals surface area contributed by atoms with E-state index in [1.54, 1.807) is 0 Å². The van der Waals surface area contributed by atoms with Gasteiger partial charge in [0.1, 0.15) is 0 Å². The highest BCUT2D eigenvalue weighted by Crippen LogP contribution is 2.29. The Morgan fingerprint density at radius 3 is 2.42 bits per heavy atom. The first-order chi connectivity index (χ1) is 12.7. The van der Waals surface area contributed by atoms with Gasteiger partial charge < -0.3 is 9.80 Å². The number of carbonyl (C=O) groups excluding carboxylic acids is 2. The average Bonchev–Trinajstić information content (AvgIpc) is 3.31. The number of rotatable bonds is 4. The van der Waals surface area contributed by atoms with Gasteiger partial charge >= 0.3 is 0 Å². The van der Waals surface area contributed by atoms with E-state index in [0.717, 1.165) is 51.3 Å². The molecule has 4 rings (SSSR count). The minimum absolute atomic E-state index is 0.181. The van der Waals surface area contributed by atoms with Crippen LogP contribution in [0.5, 0.6) is 0 Å². The van der Waals surface area contributed by atoms with Crippen LogP contribution >= 0.6 is 0 Å². The second kappa shape index (κ2) is 7.78. The molecule has 0 N–H and O–H groups in total. The number of hydrogen-bond donors (Lipinski definition) is 0. The third kappa shape index (κ3) is 3.78. The molecule has 0 bridgehead atoms. The van der Waals surface area contributed by atoms with E-state index in [2.05, 4.69) is 11.0 Å². The van der Waals surface area contributed by atoms with Gasteiger partial charge in [0.05, 0.1) is 6.54 Å². The van der Waals surface area contributed by atoms with Crippen molar-refractivity contribution in [3.8, 4) is 0 Å². The second-order valence-electron chi connectivity index (χ2n) is 7.94. The normalized spacial score (nSPS) is 21.2. The molecule has 0 aromatic heterocycles. The summed E-state index contributed by atoms with van der Waals surface area (Å²) in [4.78, 5) is 31.3. The fraction of sp³-hybridized carbons (Fsp3) is 0.619. The Balaban J connectivity index is 1.25. The molecule has 0 atom stereocenters. The van der Waals surface area contributed by atoms with Gasteiger partial charge in [-0.05, 0) is 36.8 Å².